The minimum atomic E-state index is 0.155. The molecule has 1 aliphatic carbocycles. The second kappa shape index (κ2) is 5.77. The molecule has 21 heavy (non-hydrogen) atoms. The summed E-state index contributed by atoms with van der Waals surface area (Å²) in [6.07, 6.45) is 2.01. The second-order valence-corrected chi connectivity index (χ2v) is 5.62. The molecule has 1 atom stereocenters. The predicted octanol–water partition coefficient (Wildman–Crippen LogP) is 3.74. The molecule has 0 saturated heterocycles. The topological polar surface area (TPSA) is 59.0 Å². The Hall–Kier alpha value is -2.02. The van der Waals surface area contributed by atoms with Crippen LogP contribution in [0.3, 0.4) is 0 Å². The molecule has 1 aliphatic rings. The van der Waals surface area contributed by atoms with E-state index in [0.717, 1.165) is 24.2 Å². The number of rotatable bonds is 3. The predicted molar refractivity (Wildman–Crippen MR) is 82.2 cm³/mol. The number of aryl methyl sites for hydroxylation is 1. The van der Waals surface area contributed by atoms with Gasteiger partial charge in [0.15, 0.2) is 0 Å². The molecule has 4 heteroatoms. The van der Waals surface area contributed by atoms with Gasteiger partial charge in [-0.15, -0.1) is 0 Å². The van der Waals surface area contributed by atoms with Gasteiger partial charge < -0.3 is 10.5 Å². The van der Waals surface area contributed by atoms with Gasteiger partial charge in [0.25, 0.3) is 0 Å². The Bertz CT molecular complexity index is 721. The number of nitrogens with two attached hydrogens (primary N) is 1. The van der Waals surface area contributed by atoms with Crippen molar-refractivity contribution in [1.29, 1.82) is 5.26 Å². The maximum Gasteiger partial charge on any atom is 0.120 e. The Morgan fingerprint density at radius 1 is 1.29 bits per heavy atom. The molecule has 0 bridgehead atoms. The van der Waals surface area contributed by atoms with Crippen molar-refractivity contribution in [3.63, 3.8) is 0 Å². The second-order valence-electron chi connectivity index (χ2n) is 5.21. The van der Waals surface area contributed by atoms with Crippen LogP contribution >= 0.6 is 11.6 Å². The molecule has 0 amide bonds. The van der Waals surface area contributed by atoms with Crippen LogP contribution in [0.1, 0.15) is 34.7 Å². The number of hydrogen-bond donors (Lipinski definition) is 1. The summed E-state index contributed by atoms with van der Waals surface area (Å²) >= 11 is 6.14. The first kappa shape index (κ1) is 13.9. The summed E-state index contributed by atoms with van der Waals surface area (Å²) in [5.41, 5.74) is 9.93. The fourth-order valence-corrected chi connectivity index (χ4v) is 2.85. The van der Waals surface area contributed by atoms with E-state index in [2.05, 4.69) is 12.1 Å². The van der Waals surface area contributed by atoms with Gasteiger partial charge in [-0.05, 0) is 48.2 Å². The summed E-state index contributed by atoms with van der Waals surface area (Å²) in [5.74, 6) is 0.822. The summed E-state index contributed by atoms with van der Waals surface area (Å²) in [7, 11) is 0. The van der Waals surface area contributed by atoms with Gasteiger partial charge in [0.2, 0.25) is 0 Å². The average molecular weight is 299 g/mol. The Morgan fingerprint density at radius 3 is 2.90 bits per heavy atom. The third kappa shape index (κ3) is 2.87. The van der Waals surface area contributed by atoms with Crippen LogP contribution in [-0.4, -0.2) is 0 Å². The van der Waals surface area contributed by atoms with Crippen LogP contribution in [-0.2, 0) is 13.0 Å². The first-order valence-corrected chi connectivity index (χ1v) is 7.25. The molecule has 2 aromatic rings. The van der Waals surface area contributed by atoms with Crippen LogP contribution in [0, 0.1) is 11.3 Å². The molecule has 0 radical (unpaired) electrons. The summed E-state index contributed by atoms with van der Waals surface area (Å²) in [4.78, 5) is 0. The first-order chi connectivity index (χ1) is 10.2. The summed E-state index contributed by atoms with van der Waals surface area (Å²) in [5, 5.41) is 9.37. The monoisotopic (exact) mass is 298 g/mol. The van der Waals surface area contributed by atoms with Gasteiger partial charge in [-0.3, -0.25) is 0 Å². The lowest BCUT2D eigenvalue weighted by Crippen LogP contribution is -2.05. The van der Waals surface area contributed by atoms with Crippen molar-refractivity contribution in [3.05, 3.63) is 63.7 Å². The lowest BCUT2D eigenvalue weighted by molar-refractivity contribution is 0.306. The molecule has 2 aromatic carbocycles. The highest BCUT2D eigenvalue weighted by molar-refractivity contribution is 6.31. The minimum absolute atomic E-state index is 0.155. The number of nitriles is 1. The Kier molecular flexibility index (Phi) is 3.83. The molecular formula is C17H15ClN2O. The Morgan fingerprint density at radius 2 is 2.14 bits per heavy atom. The minimum Gasteiger partial charge on any atom is -0.489 e. The van der Waals surface area contributed by atoms with Crippen molar-refractivity contribution < 1.29 is 4.74 Å². The molecule has 0 aliphatic heterocycles. The Balaban J connectivity index is 1.72. The fraction of sp³-hybridized carbons (Fsp3) is 0.235. The number of ether oxygens (including phenoxy) is 1. The molecule has 0 fully saturated rings. The van der Waals surface area contributed by atoms with Crippen LogP contribution in [0.2, 0.25) is 5.02 Å². The lowest BCUT2D eigenvalue weighted by atomic mass is 10.1. The third-order valence-corrected chi connectivity index (χ3v) is 4.17. The number of fused-ring (bicyclic) bond motifs is 1. The van der Waals surface area contributed by atoms with E-state index in [9.17, 15) is 0 Å². The highest BCUT2D eigenvalue weighted by Crippen LogP contribution is 2.32. The smallest absolute Gasteiger partial charge is 0.120 e. The molecular weight excluding hydrogens is 284 g/mol. The van der Waals surface area contributed by atoms with E-state index in [1.54, 1.807) is 12.1 Å². The fourth-order valence-electron chi connectivity index (χ4n) is 2.61. The summed E-state index contributed by atoms with van der Waals surface area (Å²) < 4.78 is 5.80. The van der Waals surface area contributed by atoms with Crippen molar-refractivity contribution in [3.8, 4) is 11.8 Å². The van der Waals surface area contributed by atoms with E-state index in [-0.39, 0.29) is 6.04 Å². The molecule has 106 valence electrons. The third-order valence-electron chi connectivity index (χ3n) is 3.82. The number of halogens is 1. The van der Waals surface area contributed by atoms with Crippen molar-refractivity contribution in [1.82, 2.24) is 0 Å². The zero-order valence-electron chi connectivity index (χ0n) is 11.5. The van der Waals surface area contributed by atoms with Crippen molar-refractivity contribution in [2.45, 2.75) is 25.5 Å². The normalized spacial score (nSPS) is 16.3. The average Bonchev–Trinajstić information content (AvgIpc) is 2.87. The number of hydrogen-bond acceptors (Lipinski definition) is 3. The van der Waals surface area contributed by atoms with Gasteiger partial charge >= 0.3 is 0 Å². The van der Waals surface area contributed by atoms with Gasteiger partial charge in [-0.1, -0.05) is 23.7 Å². The van der Waals surface area contributed by atoms with E-state index >= 15 is 0 Å². The molecule has 0 saturated carbocycles. The van der Waals surface area contributed by atoms with Gasteiger partial charge in [0.1, 0.15) is 12.4 Å². The van der Waals surface area contributed by atoms with Crippen LogP contribution < -0.4 is 10.5 Å². The maximum absolute atomic E-state index is 8.82. The van der Waals surface area contributed by atoms with E-state index in [1.807, 2.05) is 18.2 Å². The SMILES string of the molecule is N#Cc1ccc(COc2ccc3c(c2)CC[C@@H]3N)c(Cl)c1. The number of benzene rings is 2. The molecule has 0 unspecified atom stereocenters. The zero-order valence-corrected chi connectivity index (χ0v) is 12.2. The van der Waals surface area contributed by atoms with Gasteiger partial charge in [0.05, 0.1) is 11.6 Å². The molecule has 0 spiro atoms. The largest absolute Gasteiger partial charge is 0.489 e. The van der Waals surface area contributed by atoms with Crippen LogP contribution in [0.25, 0.3) is 0 Å². The molecule has 2 N–H and O–H groups in total. The first-order valence-electron chi connectivity index (χ1n) is 6.87. The van der Waals surface area contributed by atoms with E-state index in [4.69, 9.17) is 27.3 Å². The van der Waals surface area contributed by atoms with Crippen LogP contribution in [0.4, 0.5) is 0 Å². The maximum atomic E-state index is 8.82. The van der Waals surface area contributed by atoms with Crippen LogP contribution in [0.15, 0.2) is 36.4 Å². The van der Waals surface area contributed by atoms with Gasteiger partial charge in [0, 0.05) is 16.6 Å². The van der Waals surface area contributed by atoms with Gasteiger partial charge in [-0.2, -0.15) is 5.26 Å². The van der Waals surface area contributed by atoms with Crippen molar-refractivity contribution in [2.75, 3.05) is 0 Å². The van der Waals surface area contributed by atoms with E-state index < -0.39 is 0 Å². The van der Waals surface area contributed by atoms with E-state index in [1.165, 1.54) is 11.1 Å². The molecule has 3 nitrogen and oxygen atoms in total. The van der Waals surface area contributed by atoms with Crippen molar-refractivity contribution in [2.24, 2.45) is 5.73 Å². The lowest BCUT2D eigenvalue weighted by Gasteiger charge is -2.10. The highest BCUT2D eigenvalue weighted by Gasteiger charge is 2.19. The molecule has 0 heterocycles. The highest BCUT2D eigenvalue weighted by atomic mass is 35.5. The summed E-state index contributed by atoms with van der Waals surface area (Å²) in [6.45, 7) is 0.384. The zero-order chi connectivity index (χ0) is 14.8. The van der Waals surface area contributed by atoms with Crippen LogP contribution in [0.5, 0.6) is 5.75 Å². The molecule has 0 aromatic heterocycles. The quantitative estimate of drug-likeness (QED) is 0.939. The Labute approximate surface area is 128 Å². The summed E-state index contributed by atoms with van der Waals surface area (Å²) in [6, 6.07) is 13.5. The van der Waals surface area contributed by atoms with E-state index in [0.29, 0.717) is 17.2 Å². The standard InChI is InChI=1S/C17H15ClN2O/c18-16-7-11(9-19)1-2-13(16)10-21-14-4-5-15-12(8-14)3-6-17(15)20/h1-2,4-5,7-8,17H,3,6,10,20H2/t17-/m0/s1. The van der Waals surface area contributed by atoms with Crippen molar-refractivity contribution >= 4 is 11.6 Å². The molecule has 3 rings (SSSR count). The van der Waals surface area contributed by atoms with Gasteiger partial charge in [-0.25, -0.2) is 0 Å². The number of nitrogens with zero attached hydrogens (tertiary/aromatic N) is 1.